The molecule has 1 aromatic rings. The zero-order chi connectivity index (χ0) is 10.4. The van der Waals surface area contributed by atoms with Crippen LogP contribution in [0.4, 0.5) is 0 Å². The second-order valence-electron chi connectivity index (χ2n) is 3.18. The fourth-order valence-electron chi connectivity index (χ4n) is 1.10. The fourth-order valence-corrected chi connectivity index (χ4v) is 1.51. The SMILES string of the molecule is CCCCOCc1cc(Br)ccc1O. The molecule has 78 valence electrons. The molecule has 0 saturated heterocycles. The van der Waals surface area contributed by atoms with E-state index in [-0.39, 0.29) is 0 Å². The van der Waals surface area contributed by atoms with E-state index in [1.165, 1.54) is 0 Å². The van der Waals surface area contributed by atoms with Gasteiger partial charge in [-0.1, -0.05) is 29.3 Å². The summed E-state index contributed by atoms with van der Waals surface area (Å²) in [6.45, 7) is 3.35. The third kappa shape index (κ3) is 3.68. The minimum absolute atomic E-state index is 0.296. The Morgan fingerprint density at radius 1 is 1.43 bits per heavy atom. The Balaban J connectivity index is 2.45. The Morgan fingerprint density at radius 2 is 2.21 bits per heavy atom. The van der Waals surface area contributed by atoms with Gasteiger partial charge >= 0.3 is 0 Å². The van der Waals surface area contributed by atoms with E-state index < -0.39 is 0 Å². The molecule has 0 heterocycles. The van der Waals surface area contributed by atoms with E-state index in [0.29, 0.717) is 12.4 Å². The molecule has 0 atom stereocenters. The number of phenols is 1. The van der Waals surface area contributed by atoms with Crippen molar-refractivity contribution in [3.05, 3.63) is 28.2 Å². The number of ether oxygens (including phenoxy) is 1. The lowest BCUT2D eigenvalue weighted by molar-refractivity contribution is 0.116. The maximum Gasteiger partial charge on any atom is 0.121 e. The molecule has 0 aromatic heterocycles. The smallest absolute Gasteiger partial charge is 0.121 e. The highest BCUT2D eigenvalue weighted by molar-refractivity contribution is 9.10. The molecule has 0 saturated carbocycles. The molecule has 14 heavy (non-hydrogen) atoms. The lowest BCUT2D eigenvalue weighted by atomic mass is 10.2. The molecule has 0 fully saturated rings. The summed E-state index contributed by atoms with van der Waals surface area (Å²) in [6, 6.07) is 5.36. The standard InChI is InChI=1S/C11H15BrO2/c1-2-3-6-14-8-9-7-10(12)4-5-11(9)13/h4-5,7,13H,2-3,6,8H2,1H3. The highest BCUT2D eigenvalue weighted by atomic mass is 79.9. The summed E-state index contributed by atoms with van der Waals surface area (Å²) in [5, 5.41) is 9.49. The van der Waals surface area contributed by atoms with Gasteiger partial charge in [-0.25, -0.2) is 0 Å². The summed E-state index contributed by atoms with van der Waals surface area (Å²) in [7, 11) is 0. The van der Waals surface area contributed by atoms with Crippen LogP contribution in [-0.4, -0.2) is 11.7 Å². The van der Waals surface area contributed by atoms with Crippen LogP contribution in [0.2, 0.25) is 0 Å². The third-order valence-electron chi connectivity index (χ3n) is 1.94. The van der Waals surface area contributed by atoms with Gasteiger partial charge in [0.05, 0.1) is 6.61 Å². The van der Waals surface area contributed by atoms with E-state index in [1.54, 1.807) is 6.07 Å². The maximum absolute atomic E-state index is 9.49. The summed E-state index contributed by atoms with van der Waals surface area (Å²) in [5.74, 6) is 0.296. The number of phenolic OH excluding ortho intramolecular Hbond substituents is 1. The predicted molar refractivity (Wildman–Crippen MR) is 60.4 cm³/mol. The lowest BCUT2D eigenvalue weighted by Gasteiger charge is -2.06. The van der Waals surface area contributed by atoms with E-state index in [0.717, 1.165) is 29.5 Å². The van der Waals surface area contributed by atoms with Gasteiger partial charge in [-0.15, -0.1) is 0 Å². The molecule has 0 radical (unpaired) electrons. The number of unbranched alkanes of at least 4 members (excludes halogenated alkanes) is 1. The molecule has 1 aromatic carbocycles. The highest BCUT2D eigenvalue weighted by Gasteiger charge is 2.01. The molecule has 0 unspecified atom stereocenters. The summed E-state index contributed by atoms with van der Waals surface area (Å²) < 4.78 is 6.38. The van der Waals surface area contributed by atoms with E-state index in [9.17, 15) is 5.11 Å². The quantitative estimate of drug-likeness (QED) is 0.820. The van der Waals surface area contributed by atoms with Crippen LogP contribution in [0.3, 0.4) is 0 Å². The first-order chi connectivity index (χ1) is 6.74. The number of hydrogen-bond donors (Lipinski definition) is 1. The van der Waals surface area contributed by atoms with E-state index >= 15 is 0 Å². The van der Waals surface area contributed by atoms with E-state index in [2.05, 4.69) is 22.9 Å². The number of benzene rings is 1. The fraction of sp³-hybridized carbons (Fsp3) is 0.455. The topological polar surface area (TPSA) is 29.5 Å². The first-order valence-electron chi connectivity index (χ1n) is 4.79. The van der Waals surface area contributed by atoms with Crippen molar-refractivity contribution < 1.29 is 9.84 Å². The van der Waals surface area contributed by atoms with Crippen LogP contribution in [0.15, 0.2) is 22.7 Å². The molecule has 0 amide bonds. The van der Waals surface area contributed by atoms with Crippen LogP contribution in [-0.2, 0) is 11.3 Å². The number of hydrogen-bond acceptors (Lipinski definition) is 2. The number of rotatable bonds is 5. The largest absolute Gasteiger partial charge is 0.508 e. The second-order valence-corrected chi connectivity index (χ2v) is 4.09. The van der Waals surface area contributed by atoms with Crippen LogP contribution in [0, 0.1) is 0 Å². The molecule has 2 nitrogen and oxygen atoms in total. The molecular weight excluding hydrogens is 244 g/mol. The average molecular weight is 259 g/mol. The third-order valence-corrected chi connectivity index (χ3v) is 2.43. The Morgan fingerprint density at radius 3 is 2.93 bits per heavy atom. The summed E-state index contributed by atoms with van der Waals surface area (Å²) in [5.41, 5.74) is 0.829. The molecule has 0 aliphatic rings. The van der Waals surface area contributed by atoms with Crippen molar-refractivity contribution >= 4 is 15.9 Å². The van der Waals surface area contributed by atoms with Crippen LogP contribution in [0.5, 0.6) is 5.75 Å². The highest BCUT2D eigenvalue weighted by Crippen LogP contribution is 2.22. The lowest BCUT2D eigenvalue weighted by Crippen LogP contribution is -1.95. The van der Waals surface area contributed by atoms with Crippen molar-refractivity contribution in [1.29, 1.82) is 0 Å². The minimum Gasteiger partial charge on any atom is -0.508 e. The van der Waals surface area contributed by atoms with Gasteiger partial charge in [-0.3, -0.25) is 0 Å². The van der Waals surface area contributed by atoms with Gasteiger partial charge in [0, 0.05) is 16.6 Å². The molecule has 0 aliphatic carbocycles. The van der Waals surface area contributed by atoms with Gasteiger partial charge in [0.25, 0.3) is 0 Å². The predicted octanol–water partition coefficient (Wildman–Crippen LogP) is 3.47. The van der Waals surface area contributed by atoms with Gasteiger partial charge in [-0.05, 0) is 24.6 Å². The van der Waals surface area contributed by atoms with E-state index in [4.69, 9.17) is 4.74 Å². The first-order valence-corrected chi connectivity index (χ1v) is 5.58. The summed E-state index contributed by atoms with van der Waals surface area (Å²) >= 11 is 3.35. The van der Waals surface area contributed by atoms with Crippen LogP contribution in [0.1, 0.15) is 25.3 Å². The van der Waals surface area contributed by atoms with Gasteiger partial charge in [0.1, 0.15) is 5.75 Å². The number of aromatic hydroxyl groups is 1. The molecule has 0 bridgehead atoms. The Bertz CT molecular complexity index is 287. The second kappa shape index (κ2) is 6.04. The van der Waals surface area contributed by atoms with Crippen molar-refractivity contribution in [1.82, 2.24) is 0 Å². The normalized spacial score (nSPS) is 10.4. The maximum atomic E-state index is 9.49. The van der Waals surface area contributed by atoms with Crippen molar-refractivity contribution in [3.63, 3.8) is 0 Å². The zero-order valence-corrected chi connectivity index (χ0v) is 9.88. The zero-order valence-electron chi connectivity index (χ0n) is 8.29. The van der Waals surface area contributed by atoms with Gasteiger partial charge < -0.3 is 9.84 Å². The Kier molecular flexibility index (Phi) is 4.98. The van der Waals surface area contributed by atoms with Crippen LogP contribution >= 0.6 is 15.9 Å². The Hall–Kier alpha value is -0.540. The molecular formula is C11H15BrO2. The molecule has 0 spiro atoms. The average Bonchev–Trinajstić information content (AvgIpc) is 2.18. The minimum atomic E-state index is 0.296. The number of halogens is 1. The summed E-state index contributed by atoms with van der Waals surface area (Å²) in [4.78, 5) is 0. The van der Waals surface area contributed by atoms with Gasteiger partial charge in [-0.2, -0.15) is 0 Å². The van der Waals surface area contributed by atoms with Crippen molar-refractivity contribution in [2.24, 2.45) is 0 Å². The molecule has 1 N–H and O–H groups in total. The van der Waals surface area contributed by atoms with E-state index in [1.807, 2.05) is 12.1 Å². The first kappa shape index (κ1) is 11.5. The Labute approximate surface area is 93.0 Å². The van der Waals surface area contributed by atoms with Crippen molar-refractivity contribution in [3.8, 4) is 5.75 Å². The molecule has 1 rings (SSSR count). The molecule has 3 heteroatoms. The van der Waals surface area contributed by atoms with Gasteiger partial charge in [0.15, 0.2) is 0 Å². The monoisotopic (exact) mass is 258 g/mol. The van der Waals surface area contributed by atoms with Crippen LogP contribution in [0.25, 0.3) is 0 Å². The van der Waals surface area contributed by atoms with Crippen molar-refractivity contribution in [2.45, 2.75) is 26.4 Å². The van der Waals surface area contributed by atoms with Gasteiger partial charge in [0.2, 0.25) is 0 Å². The van der Waals surface area contributed by atoms with Crippen LogP contribution < -0.4 is 0 Å². The van der Waals surface area contributed by atoms with Crippen molar-refractivity contribution in [2.75, 3.05) is 6.61 Å². The molecule has 0 aliphatic heterocycles. The summed E-state index contributed by atoms with van der Waals surface area (Å²) in [6.07, 6.45) is 2.19.